The van der Waals surface area contributed by atoms with E-state index in [9.17, 15) is 23.1 Å². The van der Waals surface area contributed by atoms with Gasteiger partial charge in [-0.25, -0.2) is 0 Å². The monoisotopic (exact) mass is 280 g/mol. The molecular weight excluding hydrogens is 261 g/mol. The van der Waals surface area contributed by atoms with E-state index in [1.54, 1.807) is 0 Å². The van der Waals surface area contributed by atoms with Gasteiger partial charge in [-0.2, -0.15) is 13.2 Å². The molecule has 2 unspecified atom stereocenters. The third-order valence-corrected chi connectivity index (χ3v) is 3.17. The number of halogens is 3. The molecule has 1 aliphatic rings. The zero-order chi connectivity index (χ0) is 14.5. The van der Waals surface area contributed by atoms with Crippen LogP contribution in [0.25, 0.3) is 0 Å². The predicted octanol–water partition coefficient (Wildman–Crippen LogP) is 2.98. The van der Waals surface area contributed by atoms with E-state index in [0.717, 1.165) is 24.8 Å². The van der Waals surface area contributed by atoms with E-state index in [1.807, 2.05) is 6.08 Å². The number of carbonyl (C=O) groups is 1. The predicted molar refractivity (Wildman–Crippen MR) is 63.4 cm³/mol. The molecule has 1 N–H and O–H groups in total. The molecule has 19 heavy (non-hydrogen) atoms. The average Bonchev–Trinajstić information content (AvgIpc) is 2.35. The third-order valence-electron chi connectivity index (χ3n) is 3.17. The van der Waals surface area contributed by atoms with Crippen molar-refractivity contribution in [1.82, 2.24) is 0 Å². The highest BCUT2D eigenvalue weighted by atomic mass is 19.4. The van der Waals surface area contributed by atoms with Gasteiger partial charge < -0.3 is 9.84 Å². The Morgan fingerprint density at radius 1 is 1.47 bits per heavy atom. The molecule has 0 aromatic heterocycles. The molecule has 6 heteroatoms. The molecule has 0 aromatic carbocycles. The van der Waals surface area contributed by atoms with Crippen LogP contribution < -0.4 is 0 Å². The van der Waals surface area contributed by atoms with Gasteiger partial charge in [-0.1, -0.05) is 11.6 Å². The minimum absolute atomic E-state index is 0.00103. The number of rotatable bonds is 5. The van der Waals surface area contributed by atoms with Crippen LogP contribution >= 0.6 is 0 Å². The number of alkyl halides is 3. The average molecular weight is 280 g/mol. The first-order valence-electron chi connectivity index (χ1n) is 6.45. The largest absolute Gasteiger partial charge is 0.466 e. The van der Waals surface area contributed by atoms with Crippen LogP contribution in [0.4, 0.5) is 13.2 Å². The molecule has 2 atom stereocenters. The second-order valence-corrected chi connectivity index (χ2v) is 4.66. The first-order chi connectivity index (χ1) is 8.86. The fourth-order valence-corrected chi connectivity index (χ4v) is 2.17. The van der Waals surface area contributed by atoms with Gasteiger partial charge in [-0.15, -0.1) is 0 Å². The summed E-state index contributed by atoms with van der Waals surface area (Å²) in [4.78, 5) is 11.6. The van der Waals surface area contributed by atoms with Crippen molar-refractivity contribution >= 4 is 5.97 Å². The third kappa shape index (κ3) is 4.86. The second kappa shape index (κ2) is 6.93. The SMILES string of the molecule is CCOC(=O)C(CC1=CCCCC1)C(O)C(F)(F)F. The van der Waals surface area contributed by atoms with Crippen molar-refractivity contribution < 1.29 is 27.8 Å². The number of aliphatic hydroxyl groups is 1. The van der Waals surface area contributed by atoms with Crippen LogP contribution in [0.3, 0.4) is 0 Å². The Bertz CT molecular complexity index is 337. The van der Waals surface area contributed by atoms with Gasteiger partial charge in [-0.3, -0.25) is 4.79 Å². The van der Waals surface area contributed by atoms with Gasteiger partial charge in [0.25, 0.3) is 0 Å². The lowest BCUT2D eigenvalue weighted by Crippen LogP contribution is -2.41. The van der Waals surface area contributed by atoms with Crippen molar-refractivity contribution in [3.8, 4) is 0 Å². The standard InChI is InChI=1S/C13H19F3O3/c1-2-19-12(18)10(11(17)13(14,15)16)8-9-6-4-3-5-7-9/h6,10-11,17H,2-5,7-8H2,1H3. The fourth-order valence-electron chi connectivity index (χ4n) is 2.17. The fraction of sp³-hybridized carbons (Fsp3) is 0.769. The highest BCUT2D eigenvalue weighted by molar-refractivity contribution is 5.73. The Hall–Kier alpha value is -1.04. The molecule has 0 radical (unpaired) electrons. The second-order valence-electron chi connectivity index (χ2n) is 4.66. The van der Waals surface area contributed by atoms with Crippen LogP contribution in [0.1, 0.15) is 39.0 Å². The van der Waals surface area contributed by atoms with Crippen LogP contribution in [-0.2, 0) is 9.53 Å². The molecule has 0 spiro atoms. The maximum absolute atomic E-state index is 12.6. The lowest BCUT2D eigenvalue weighted by molar-refractivity contribution is -0.224. The summed E-state index contributed by atoms with van der Waals surface area (Å²) < 4.78 is 42.4. The van der Waals surface area contributed by atoms with Gasteiger partial charge in [0, 0.05) is 0 Å². The summed E-state index contributed by atoms with van der Waals surface area (Å²) in [7, 11) is 0. The van der Waals surface area contributed by atoms with E-state index < -0.39 is 24.2 Å². The van der Waals surface area contributed by atoms with E-state index in [1.165, 1.54) is 6.92 Å². The molecule has 0 aromatic rings. The topological polar surface area (TPSA) is 46.5 Å². The van der Waals surface area contributed by atoms with Gasteiger partial charge in [0.05, 0.1) is 12.5 Å². The maximum Gasteiger partial charge on any atom is 0.415 e. The number of esters is 1. The first kappa shape index (κ1) is 16.0. The summed E-state index contributed by atoms with van der Waals surface area (Å²) in [6.45, 7) is 1.52. The van der Waals surface area contributed by atoms with E-state index >= 15 is 0 Å². The van der Waals surface area contributed by atoms with Gasteiger partial charge in [0.15, 0.2) is 6.10 Å². The summed E-state index contributed by atoms with van der Waals surface area (Å²) in [5.74, 6) is -2.55. The van der Waals surface area contributed by atoms with Crippen LogP contribution in [0.15, 0.2) is 11.6 Å². The lowest BCUT2D eigenvalue weighted by Gasteiger charge is -2.25. The Labute approximate surface area is 110 Å². The molecule has 0 saturated heterocycles. The van der Waals surface area contributed by atoms with Gasteiger partial charge in [0.1, 0.15) is 0 Å². The molecule has 0 bridgehead atoms. The minimum atomic E-state index is -4.81. The molecular formula is C13H19F3O3. The number of allylic oxidation sites excluding steroid dienone is 2. The Balaban J connectivity index is 2.79. The molecule has 0 saturated carbocycles. The molecule has 110 valence electrons. The van der Waals surface area contributed by atoms with Crippen molar-refractivity contribution in [2.75, 3.05) is 6.61 Å². The zero-order valence-corrected chi connectivity index (χ0v) is 10.9. The van der Waals surface area contributed by atoms with Crippen LogP contribution in [0.2, 0.25) is 0 Å². The quantitative estimate of drug-likeness (QED) is 0.622. The van der Waals surface area contributed by atoms with Crippen LogP contribution in [0.5, 0.6) is 0 Å². The van der Waals surface area contributed by atoms with E-state index in [2.05, 4.69) is 4.74 Å². The van der Waals surface area contributed by atoms with Crippen molar-refractivity contribution in [2.24, 2.45) is 5.92 Å². The number of ether oxygens (including phenoxy) is 1. The van der Waals surface area contributed by atoms with Crippen molar-refractivity contribution in [1.29, 1.82) is 0 Å². The van der Waals surface area contributed by atoms with Crippen molar-refractivity contribution in [2.45, 2.75) is 51.3 Å². The summed E-state index contributed by atoms with van der Waals surface area (Å²) in [6, 6.07) is 0. The summed E-state index contributed by atoms with van der Waals surface area (Å²) in [6.07, 6.45) is -2.30. The Kier molecular flexibility index (Phi) is 5.85. The lowest BCUT2D eigenvalue weighted by atomic mass is 9.88. The zero-order valence-electron chi connectivity index (χ0n) is 10.9. The van der Waals surface area contributed by atoms with E-state index in [4.69, 9.17) is 0 Å². The number of carbonyl (C=O) groups excluding carboxylic acids is 1. The number of hydrogen-bond donors (Lipinski definition) is 1. The summed E-state index contributed by atoms with van der Waals surface area (Å²) >= 11 is 0. The molecule has 0 amide bonds. The number of aliphatic hydroxyl groups excluding tert-OH is 1. The highest BCUT2D eigenvalue weighted by Gasteiger charge is 2.47. The van der Waals surface area contributed by atoms with Crippen LogP contribution in [0, 0.1) is 5.92 Å². The molecule has 0 fully saturated rings. The molecule has 1 aliphatic carbocycles. The van der Waals surface area contributed by atoms with Crippen molar-refractivity contribution in [3.63, 3.8) is 0 Å². The minimum Gasteiger partial charge on any atom is -0.466 e. The first-order valence-corrected chi connectivity index (χ1v) is 6.45. The molecule has 3 nitrogen and oxygen atoms in total. The smallest absolute Gasteiger partial charge is 0.415 e. The van der Waals surface area contributed by atoms with E-state index in [0.29, 0.717) is 6.42 Å². The number of hydrogen-bond acceptors (Lipinski definition) is 3. The van der Waals surface area contributed by atoms with Crippen molar-refractivity contribution in [3.05, 3.63) is 11.6 Å². The maximum atomic E-state index is 12.6. The summed E-state index contributed by atoms with van der Waals surface area (Å²) in [5, 5.41) is 9.32. The normalized spacial score (nSPS) is 19.5. The molecule has 0 heterocycles. The Morgan fingerprint density at radius 2 is 2.16 bits per heavy atom. The molecule has 0 aliphatic heterocycles. The van der Waals surface area contributed by atoms with Gasteiger partial charge >= 0.3 is 12.1 Å². The van der Waals surface area contributed by atoms with E-state index in [-0.39, 0.29) is 13.0 Å². The summed E-state index contributed by atoms with van der Waals surface area (Å²) in [5.41, 5.74) is 0.799. The van der Waals surface area contributed by atoms with Gasteiger partial charge in [0.2, 0.25) is 0 Å². The Morgan fingerprint density at radius 3 is 2.63 bits per heavy atom. The highest BCUT2D eigenvalue weighted by Crippen LogP contribution is 2.32. The van der Waals surface area contributed by atoms with Gasteiger partial charge in [-0.05, 0) is 39.0 Å². The molecule has 1 rings (SSSR count). The van der Waals surface area contributed by atoms with Crippen LogP contribution in [-0.4, -0.2) is 30.0 Å².